The number of rotatable bonds is 7. The number of hydrogen-bond acceptors (Lipinski definition) is 4. The van der Waals surface area contributed by atoms with E-state index in [-0.39, 0.29) is 12.0 Å². The van der Waals surface area contributed by atoms with Crippen molar-refractivity contribution in [3.8, 4) is 0 Å². The zero-order valence-corrected chi connectivity index (χ0v) is 10.8. The van der Waals surface area contributed by atoms with Crippen LogP contribution >= 0.6 is 0 Å². The van der Waals surface area contributed by atoms with Crippen LogP contribution in [0.3, 0.4) is 0 Å². The summed E-state index contributed by atoms with van der Waals surface area (Å²) >= 11 is 0. The van der Waals surface area contributed by atoms with Gasteiger partial charge in [-0.1, -0.05) is 6.92 Å². The van der Waals surface area contributed by atoms with Crippen molar-refractivity contribution < 1.29 is 9.53 Å². The molecule has 4 heteroatoms. The molecule has 0 spiro atoms. The minimum atomic E-state index is -0.209. The predicted molar refractivity (Wildman–Crippen MR) is 64.2 cm³/mol. The quantitative estimate of drug-likeness (QED) is 0.652. The minimum absolute atomic E-state index is 0.152. The lowest BCUT2D eigenvalue weighted by Crippen LogP contribution is -2.44. The average molecular weight is 228 g/mol. The molecule has 3 unspecified atom stereocenters. The molecule has 16 heavy (non-hydrogen) atoms. The number of ether oxygens (including phenoxy) is 1. The molecule has 0 aromatic rings. The summed E-state index contributed by atoms with van der Waals surface area (Å²) < 4.78 is 5.01. The highest BCUT2D eigenvalue weighted by Crippen LogP contribution is 2.37. The first-order chi connectivity index (χ1) is 7.58. The Labute approximate surface area is 98.3 Å². The van der Waals surface area contributed by atoms with E-state index >= 15 is 0 Å². The summed E-state index contributed by atoms with van der Waals surface area (Å²) in [6, 6.07) is -0.209. The number of carbonyl (C=O) groups is 1. The van der Waals surface area contributed by atoms with Crippen molar-refractivity contribution in [2.45, 2.75) is 26.3 Å². The van der Waals surface area contributed by atoms with Crippen LogP contribution in [-0.4, -0.2) is 50.7 Å². The number of nitrogens with zero attached hydrogens (tertiary/aromatic N) is 1. The fourth-order valence-corrected chi connectivity index (χ4v) is 1.97. The van der Waals surface area contributed by atoms with Crippen molar-refractivity contribution in [1.82, 2.24) is 10.2 Å². The highest BCUT2D eigenvalue weighted by atomic mass is 16.5. The molecule has 1 rings (SSSR count). The van der Waals surface area contributed by atoms with Gasteiger partial charge in [0.25, 0.3) is 0 Å². The fourth-order valence-electron chi connectivity index (χ4n) is 1.97. The van der Waals surface area contributed by atoms with Gasteiger partial charge in [0.1, 0.15) is 6.04 Å². The molecule has 0 heterocycles. The molecular formula is C12H24N2O2. The van der Waals surface area contributed by atoms with E-state index in [1.165, 1.54) is 6.42 Å². The van der Waals surface area contributed by atoms with E-state index in [2.05, 4.69) is 24.2 Å². The number of hydrogen-bond donors (Lipinski definition) is 1. The standard InChI is InChI=1S/C12H24N2O2/c1-5-16-12(15)11(13-3)8-14(4)7-10-6-9(10)2/h9-11,13H,5-8H2,1-4H3. The molecule has 0 aliphatic heterocycles. The zero-order valence-electron chi connectivity index (χ0n) is 10.8. The van der Waals surface area contributed by atoms with Crippen molar-refractivity contribution in [3.05, 3.63) is 0 Å². The smallest absolute Gasteiger partial charge is 0.324 e. The predicted octanol–water partition coefficient (Wildman–Crippen LogP) is 0.725. The number of likely N-dealkylation sites (N-methyl/N-ethyl adjacent to an activating group) is 2. The molecule has 1 aliphatic carbocycles. The normalized spacial score (nSPS) is 25.6. The Hall–Kier alpha value is -0.610. The first kappa shape index (κ1) is 13.5. The first-order valence-corrected chi connectivity index (χ1v) is 6.10. The highest BCUT2D eigenvalue weighted by Gasteiger charge is 2.33. The molecule has 3 atom stereocenters. The van der Waals surface area contributed by atoms with Crippen LogP contribution in [0, 0.1) is 11.8 Å². The zero-order chi connectivity index (χ0) is 12.1. The van der Waals surface area contributed by atoms with Crippen LogP contribution in [0.25, 0.3) is 0 Å². The van der Waals surface area contributed by atoms with E-state index in [9.17, 15) is 4.79 Å². The van der Waals surface area contributed by atoms with Gasteiger partial charge < -0.3 is 15.0 Å². The second-order valence-corrected chi connectivity index (χ2v) is 4.79. The number of nitrogens with one attached hydrogen (secondary N) is 1. The third-order valence-electron chi connectivity index (χ3n) is 3.24. The molecule has 0 amide bonds. The molecule has 4 nitrogen and oxygen atoms in total. The molecule has 1 N–H and O–H groups in total. The Morgan fingerprint density at radius 3 is 2.69 bits per heavy atom. The first-order valence-electron chi connectivity index (χ1n) is 6.10. The SMILES string of the molecule is CCOC(=O)C(CN(C)CC1CC1C)NC. The Kier molecular flexibility index (Phi) is 5.22. The van der Waals surface area contributed by atoms with Gasteiger partial charge >= 0.3 is 5.97 Å². The summed E-state index contributed by atoms with van der Waals surface area (Å²) in [5.41, 5.74) is 0. The van der Waals surface area contributed by atoms with Crippen LogP contribution in [0.4, 0.5) is 0 Å². The lowest BCUT2D eigenvalue weighted by Gasteiger charge is -2.22. The second-order valence-electron chi connectivity index (χ2n) is 4.79. The van der Waals surface area contributed by atoms with Crippen molar-refractivity contribution in [2.75, 3.05) is 33.8 Å². The van der Waals surface area contributed by atoms with Crippen molar-refractivity contribution in [3.63, 3.8) is 0 Å². The van der Waals surface area contributed by atoms with Gasteiger partial charge in [-0.05, 0) is 39.3 Å². The van der Waals surface area contributed by atoms with Crippen molar-refractivity contribution in [2.24, 2.45) is 11.8 Å². The highest BCUT2D eigenvalue weighted by molar-refractivity contribution is 5.76. The molecule has 1 fully saturated rings. The minimum Gasteiger partial charge on any atom is -0.465 e. The van der Waals surface area contributed by atoms with Crippen LogP contribution < -0.4 is 5.32 Å². The van der Waals surface area contributed by atoms with Gasteiger partial charge in [0.2, 0.25) is 0 Å². The van der Waals surface area contributed by atoms with E-state index in [1.54, 1.807) is 7.05 Å². The molecule has 0 aromatic carbocycles. The molecule has 1 aliphatic rings. The average Bonchev–Trinajstić information content (AvgIpc) is 2.91. The van der Waals surface area contributed by atoms with E-state index in [1.807, 2.05) is 6.92 Å². The Balaban J connectivity index is 2.28. The third-order valence-corrected chi connectivity index (χ3v) is 3.24. The third kappa shape index (κ3) is 4.10. The van der Waals surface area contributed by atoms with Crippen LogP contribution in [0.1, 0.15) is 20.3 Å². The molecule has 94 valence electrons. The molecule has 0 saturated heterocycles. The number of esters is 1. The summed E-state index contributed by atoms with van der Waals surface area (Å²) in [4.78, 5) is 13.8. The monoisotopic (exact) mass is 228 g/mol. The molecule has 0 bridgehead atoms. The Morgan fingerprint density at radius 2 is 2.25 bits per heavy atom. The summed E-state index contributed by atoms with van der Waals surface area (Å²) in [5, 5.41) is 3.01. The van der Waals surface area contributed by atoms with Crippen molar-refractivity contribution >= 4 is 5.97 Å². The van der Waals surface area contributed by atoms with E-state index < -0.39 is 0 Å². The maximum atomic E-state index is 11.6. The second kappa shape index (κ2) is 6.21. The fraction of sp³-hybridized carbons (Fsp3) is 0.917. The van der Waals surface area contributed by atoms with E-state index in [0.717, 1.165) is 24.9 Å². The summed E-state index contributed by atoms with van der Waals surface area (Å²) in [6.07, 6.45) is 1.33. The number of carbonyl (C=O) groups excluding carboxylic acids is 1. The molecule has 1 saturated carbocycles. The Bertz CT molecular complexity index is 233. The van der Waals surface area contributed by atoms with Crippen LogP contribution in [0.15, 0.2) is 0 Å². The van der Waals surface area contributed by atoms with Crippen LogP contribution in [-0.2, 0) is 9.53 Å². The summed E-state index contributed by atoms with van der Waals surface area (Å²) in [5.74, 6) is 1.53. The van der Waals surface area contributed by atoms with E-state index in [4.69, 9.17) is 4.74 Å². The largest absolute Gasteiger partial charge is 0.465 e. The van der Waals surface area contributed by atoms with Gasteiger partial charge in [0.15, 0.2) is 0 Å². The Morgan fingerprint density at radius 1 is 1.62 bits per heavy atom. The van der Waals surface area contributed by atoms with Gasteiger partial charge in [-0.3, -0.25) is 4.79 Å². The van der Waals surface area contributed by atoms with E-state index in [0.29, 0.717) is 6.61 Å². The molecule has 0 aromatic heterocycles. The van der Waals surface area contributed by atoms with Crippen LogP contribution in [0.5, 0.6) is 0 Å². The summed E-state index contributed by atoms with van der Waals surface area (Å²) in [7, 11) is 3.86. The van der Waals surface area contributed by atoms with Crippen molar-refractivity contribution in [1.29, 1.82) is 0 Å². The lowest BCUT2D eigenvalue weighted by molar-refractivity contribution is -0.145. The van der Waals surface area contributed by atoms with Crippen LogP contribution in [0.2, 0.25) is 0 Å². The van der Waals surface area contributed by atoms with Gasteiger partial charge in [-0.2, -0.15) is 0 Å². The van der Waals surface area contributed by atoms with Gasteiger partial charge in [-0.15, -0.1) is 0 Å². The van der Waals surface area contributed by atoms with Gasteiger partial charge in [-0.25, -0.2) is 0 Å². The lowest BCUT2D eigenvalue weighted by atomic mass is 10.2. The summed E-state index contributed by atoms with van der Waals surface area (Å²) in [6.45, 7) is 6.36. The van der Waals surface area contributed by atoms with Gasteiger partial charge in [0.05, 0.1) is 6.61 Å². The maximum absolute atomic E-state index is 11.6. The molecule has 0 radical (unpaired) electrons. The topological polar surface area (TPSA) is 41.6 Å². The molecular weight excluding hydrogens is 204 g/mol. The van der Waals surface area contributed by atoms with Gasteiger partial charge in [0, 0.05) is 13.1 Å². The maximum Gasteiger partial charge on any atom is 0.324 e.